The number of carboxylic acids is 1. The van der Waals surface area contributed by atoms with Gasteiger partial charge in [0.05, 0.1) is 11.6 Å². The zero-order valence-corrected chi connectivity index (χ0v) is 9.74. The molecular weight excluding hydrogens is 192 g/mol. The van der Waals surface area contributed by atoms with Crippen molar-refractivity contribution in [1.82, 2.24) is 9.78 Å². The van der Waals surface area contributed by atoms with Gasteiger partial charge in [0.1, 0.15) is 0 Å². The van der Waals surface area contributed by atoms with Gasteiger partial charge in [-0.1, -0.05) is 6.92 Å². The molecule has 0 amide bonds. The van der Waals surface area contributed by atoms with Crippen LogP contribution < -0.4 is 0 Å². The Labute approximate surface area is 89.9 Å². The normalized spacial score (nSPS) is 11.7. The summed E-state index contributed by atoms with van der Waals surface area (Å²) >= 11 is 0. The zero-order valence-electron chi connectivity index (χ0n) is 9.74. The van der Waals surface area contributed by atoms with Crippen LogP contribution in [0.3, 0.4) is 0 Å². The largest absolute Gasteiger partial charge is 0.481 e. The molecule has 84 valence electrons. The second-order valence-electron chi connectivity index (χ2n) is 4.10. The SMILES string of the molecule is CCc1c(C(C)(C)C(=O)O)cnn1CC. The topological polar surface area (TPSA) is 55.1 Å². The smallest absolute Gasteiger partial charge is 0.313 e. The van der Waals surface area contributed by atoms with Crippen molar-refractivity contribution in [2.24, 2.45) is 0 Å². The number of carbonyl (C=O) groups is 1. The van der Waals surface area contributed by atoms with Crippen LogP contribution in [0.2, 0.25) is 0 Å². The van der Waals surface area contributed by atoms with E-state index in [1.54, 1.807) is 20.0 Å². The fourth-order valence-corrected chi connectivity index (χ4v) is 1.69. The van der Waals surface area contributed by atoms with E-state index in [1.807, 2.05) is 18.5 Å². The van der Waals surface area contributed by atoms with E-state index in [9.17, 15) is 4.79 Å². The Balaban J connectivity index is 3.25. The maximum absolute atomic E-state index is 11.2. The third-order valence-corrected chi connectivity index (χ3v) is 2.79. The number of hydrogen-bond acceptors (Lipinski definition) is 2. The second-order valence-corrected chi connectivity index (χ2v) is 4.10. The second kappa shape index (κ2) is 4.04. The quantitative estimate of drug-likeness (QED) is 0.824. The first-order chi connectivity index (χ1) is 6.95. The lowest BCUT2D eigenvalue weighted by molar-refractivity contribution is -0.142. The fraction of sp³-hybridized carbons (Fsp3) is 0.636. The van der Waals surface area contributed by atoms with Crippen molar-refractivity contribution in [3.63, 3.8) is 0 Å². The van der Waals surface area contributed by atoms with Crippen LogP contribution in [0.15, 0.2) is 6.20 Å². The van der Waals surface area contributed by atoms with Crippen LogP contribution in [-0.2, 0) is 23.2 Å². The minimum atomic E-state index is -0.862. The molecule has 0 spiro atoms. The monoisotopic (exact) mass is 210 g/mol. The molecule has 0 aliphatic heterocycles. The van der Waals surface area contributed by atoms with Crippen LogP contribution in [0, 0.1) is 0 Å². The van der Waals surface area contributed by atoms with Crippen molar-refractivity contribution in [3.8, 4) is 0 Å². The molecule has 15 heavy (non-hydrogen) atoms. The van der Waals surface area contributed by atoms with Crippen molar-refractivity contribution in [3.05, 3.63) is 17.5 Å². The number of nitrogens with zero attached hydrogens (tertiary/aromatic N) is 2. The Hall–Kier alpha value is -1.32. The van der Waals surface area contributed by atoms with E-state index in [0.29, 0.717) is 0 Å². The summed E-state index contributed by atoms with van der Waals surface area (Å²) in [7, 11) is 0. The van der Waals surface area contributed by atoms with Crippen LogP contribution in [0.5, 0.6) is 0 Å². The Kier molecular flexibility index (Phi) is 3.17. The van der Waals surface area contributed by atoms with Gasteiger partial charge in [-0.2, -0.15) is 5.10 Å². The molecule has 0 saturated carbocycles. The highest BCUT2D eigenvalue weighted by molar-refractivity contribution is 5.80. The first-order valence-electron chi connectivity index (χ1n) is 5.23. The summed E-state index contributed by atoms with van der Waals surface area (Å²) in [4.78, 5) is 11.2. The van der Waals surface area contributed by atoms with Gasteiger partial charge in [-0.3, -0.25) is 9.48 Å². The minimum absolute atomic E-state index is 0.777. The van der Waals surface area contributed by atoms with Crippen LogP contribution in [0.4, 0.5) is 0 Å². The molecule has 0 atom stereocenters. The van der Waals surface area contributed by atoms with E-state index in [-0.39, 0.29) is 0 Å². The highest BCUT2D eigenvalue weighted by Crippen LogP contribution is 2.27. The average molecular weight is 210 g/mol. The molecule has 0 aromatic carbocycles. The zero-order chi connectivity index (χ0) is 11.6. The third-order valence-electron chi connectivity index (χ3n) is 2.79. The van der Waals surface area contributed by atoms with Crippen molar-refractivity contribution in [2.75, 3.05) is 0 Å². The summed E-state index contributed by atoms with van der Waals surface area (Å²) in [5, 5.41) is 13.4. The summed E-state index contributed by atoms with van der Waals surface area (Å²) in [6.45, 7) is 8.23. The number of aliphatic carboxylic acids is 1. The highest BCUT2D eigenvalue weighted by atomic mass is 16.4. The van der Waals surface area contributed by atoms with E-state index in [2.05, 4.69) is 5.10 Å². The molecule has 0 fully saturated rings. The summed E-state index contributed by atoms with van der Waals surface area (Å²) in [5.74, 6) is -0.812. The molecule has 0 saturated heterocycles. The Morgan fingerprint density at radius 1 is 1.53 bits per heavy atom. The van der Waals surface area contributed by atoms with Gasteiger partial charge in [0.15, 0.2) is 0 Å². The van der Waals surface area contributed by atoms with Gasteiger partial charge in [-0.15, -0.1) is 0 Å². The van der Waals surface area contributed by atoms with Gasteiger partial charge in [-0.25, -0.2) is 0 Å². The van der Waals surface area contributed by atoms with Crippen molar-refractivity contribution < 1.29 is 9.90 Å². The maximum atomic E-state index is 11.2. The van der Waals surface area contributed by atoms with Crippen LogP contribution in [0.1, 0.15) is 39.0 Å². The predicted molar refractivity (Wildman–Crippen MR) is 57.9 cm³/mol. The van der Waals surface area contributed by atoms with Gasteiger partial charge < -0.3 is 5.11 Å². The molecule has 4 nitrogen and oxygen atoms in total. The van der Waals surface area contributed by atoms with Gasteiger partial charge >= 0.3 is 5.97 Å². The molecule has 1 aromatic rings. The molecule has 4 heteroatoms. The first-order valence-corrected chi connectivity index (χ1v) is 5.23. The van der Waals surface area contributed by atoms with Gasteiger partial charge in [0.2, 0.25) is 0 Å². The van der Waals surface area contributed by atoms with Crippen LogP contribution in [-0.4, -0.2) is 20.9 Å². The Bertz CT molecular complexity index is 367. The van der Waals surface area contributed by atoms with Crippen molar-refractivity contribution >= 4 is 5.97 Å². The van der Waals surface area contributed by atoms with Crippen LogP contribution in [0.25, 0.3) is 0 Å². The summed E-state index contributed by atoms with van der Waals surface area (Å²) < 4.78 is 1.86. The first kappa shape index (κ1) is 11.8. The number of aromatic nitrogens is 2. The number of carboxylic acid groups (broad SMARTS) is 1. The lowest BCUT2D eigenvalue weighted by Gasteiger charge is -2.19. The van der Waals surface area contributed by atoms with Crippen molar-refractivity contribution in [1.29, 1.82) is 0 Å². The van der Waals surface area contributed by atoms with Crippen LogP contribution >= 0.6 is 0 Å². The Morgan fingerprint density at radius 2 is 2.13 bits per heavy atom. The molecule has 0 bridgehead atoms. The molecule has 1 rings (SSSR count). The van der Waals surface area contributed by atoms with E-state index in [1.165, 1.54) is 0 Å². The van der Waals surface area contributed by atoms with E-state index in [0.717, 1.165) is 24.2 Å². The van der Waals surface area contributed by atoms with E-state index >= 15 is 0 Å². The van der Waals surface area contributed by atoms with E-state index < -0.39 is 11.4 Å². The van der Waals surface area contributed by atoms with Gasteiger partial charge in [0, 0.05) is 17.8 Å². The summed E-state index contributed by atoms with van der Waals surface area (Å²) in [6.07, 6.45) is 2.48. The number of hydrogen-bond donors (Lipinski definition) is 1. The predicted octanol–water partition coefficient (Wildman–Crippen LogP) is 1.83. The van der Waals surface area contributed by atoms with Gasteiger partial charge in [0.25, 0.3) is 0 Å². The summed E-state index contributed by atoms with van der Waals surface area (Å²) in [6, 6.07) is 0. The maximum Gasteiger partial charge on any atom is 0.313 e. The minimum Gasteiger partial charge on any atom is -0.481 e. The van der Waals surface area contributed by atoms with Crippen molar-refractivity contribution in [2.45, 2.75) is 46.1 Å². The third kappa shape index (κ3) is 1.89. The lowest BCUT2D eigenvalue weighted by Crippen LogP contribution is -2.29. The fourth-order valence-electron chi connectivity index (χ4n) is 1.69. The number of rotatable bonds is 4. The standard InChI is InChI=1S/C11H18N2O2/c1-5-9-8(7-12-13(9)6-2)11(3,4)10(14)15/h7H,5-6H2,1-4H3,(H,14,15). The molecular formula is C11H18N2O2. The molecule has 0 unspecified atom stereocenters. The lowest BCUT2D eigenvalue weighted by atomic mass is 9.84. The molecule has 0 aliphatic rings. The molecule has 0 aliphatic carbocycles. The molecule has 1 heterocycles. The van der Waals surface area contributed by atoms with E-state index in [4.69, 9.17) is 5.11 Å². The molecule has 1 aromatic heterocycles. The molecule has 0 radical (unpaired) electrons. The summed E-state index contributed by atoms with van der Waals surface area (Å²) in [5.41, 5.74) is 0.975. The Morgan fingerprint density at radius 3 is 2.53 bits per heavy atom. The number of aryl methyl sites for hydroxylation is 1. The highest BCUT2D eigenvalue weighted by Gasteiger charge is 2.33. The average Bonchev–Trinajstić information content (AvgIpc) is 2.60. The molecule has 1 N–H and O–H groups in total. The van der Waals surface area contributed by atoms with Gasteiger partial charge in [-0.05, 0) is 27.2 Å².